The number of nitrogens with zero attached hydrogens (tertiary/aromatic N) is 1. The van der Waals surface area contributed by atoms with Gasteiger partial charge >= 0.3 is 0 Å². The van der Waals surface area contributed by atoms with E-state index in [1.54, 1.807) is 6.92 Å². The van der Waals surface area contributed by atoms with Crippen LogP contribution >= 0.6 is 0 Å². The van der Waals surface area contributed by atoms with Gasteiger partial charge in [-0.25, -0.2) is 8.78 Å². The predicted molar refractivity (Wildman–Crippen MR) is 152 cm³/mol. The molecule has 9 heteroatoms. The molecular formula is C31H48F2N4O3. The lowest BCUT2D eigenvalue weighted by Crippen LogP contribution is -2.51. The summed E-state index contributed by atoms with van der Waals surface area (Å²) in [5.74, 6) is -2.61. The lowest BCUT2D eigenvalue weighted by molar-refractivity contribution is -0.129. The van der Waals surface area contributed by atoms with Gasteiger partial charge in [0, 0.05) is 50.1 Å². The van der Waals surface area contributed by atoms with Crippen LogP contribution in [0, 0.1) is 28.9 Å². The van der Waals surface area contributed by atoms with Crippen LogP contribution in [0.1, 0.15) is 92.1 Å². The first kappa shape index (κ1) is 32.0. The molecule has 1 aromatic carbocycles. The molecular weight excluding hydrogens is 514 g/mol. The molecule has 0 aromatic heterocycles. The molecule has 3 N–H and O–H groups in total. The van der Waals surface area contributed by atoms with Crippen LogP contribution in [0.2, 0.25) is 0 Å². The number of hydrogen-bond donors (Lipinski definition) is 3. The molecule has 1 saturated heterocycles. The van der Waals surface area contributed by atoms with Crippen LogP contribution in [0.15, 0.2) is 18.2 Å². The number of carbonyl (C=O) groups is 3. The van der Waals surface area contributed by atoms with Crippen LogP contribution in [0.5, 0.6) is 0 Å². The Morgan fingerprint density at radius 2 is 1.73 bits per heavy atom. The second-order valence-electron chi connectivity index (χ2n) is 13.7. The van der Waals surface area contributed by atoms with Gasteiger partial charge in [-0.15, -0.1) is 0 Å². The normalized spacial score (nSPS) is 23.3. The van der Waals surface area contributed by atoms with Crippen LogP contribution in [-0.2, 0) is 14.4 Å². The number of rotatable bonds is 9. The Bertz CT molecular complexity index is 1060. The molecule has 2 fully saturated rings. The summed E-state index contributed by atoms with van der Waals surface area (Å²) in [6, 6.07) is 2.52. The van der Waals surface area contributed by atoms with E-state index in [1.807, 2.05) is 20.8 Å². The highest BCUT2D eigenvalue weighted by Gasteiger charge is 2.43. The maximum Gasteiger partial charge on any atom is 0.242 e. The van der Waals surface area contributed by atoms with Crippen molar-refractivity contribution in [1.82, 2.24) is 20.9 Å². The van der Waals surface area contributed by atoms with Crippen molar-refractivity contribution >= 4 is 17.7 Å². The molecule has 0 unspecified atom stereocenters. The third-order valence-corrected chi connectivity index (χ3v) is 8.66. The standard InChI is InChI=1S/C31H48F2N4O3/c1-19(16-34-29(40)27(36-20(2)38)14-21-10-12-31(6,7)13-11-21)35-28(39)25-18-37(30(3,4)5)17-24(25)23-9-8-22(32)15-26(23)33/h8-9,15,19,21,24-25,27H,10-14,16-18H2,1-7H3,(H,34,40)(H,35,39)(H,36,38)/t19-,24-,25+,27-/m0/s1. The fourth-order valence-electron chi connectivity index (χ4n) is 6.02. The number of likely N-dealkylation sites (tertiary alicyclic amines) is 1. The molecule has 1 aromatic rings. The van der Waals surface area contributed by atoms with E-state index < -0.39 is 29.5 Å². The Morgan fingerprint density at radius 3 is 2.30 bits per heavy atom. The van der Waals surface area contributed by atoms with Crippen molar-refractivity contribution in [1.29, 1.82) is 0 Å². The highest BCUT2D eigenvalue weighted by atomic mass is 19.1. The van der Waals surface area contributed by atoms with Gasteiger partial charge in [-0.05, 0) is 82.8 Å². The molecule has 40 heavy (non-hydrogen) atoms. The summed E-state index contributed by atoms with van der Waals surface area (Å²) >= 11 is 0. The molecule has 4 atom stereocenters. The van der Waals surface area contributed by atoms with E-state index in [9.17, 15) is 23.2 Å². The number of amides is 3. The molecule has 3 amide bonds. The Labute approximate surface area is 238 Å². The van der Waals surface area contributed by atoms with E-state index in [4.69, 9.17) is 0 Å². The third kappa shape index (κ3) is 8.72. The van der Waals surface area contributed by atoms with Gasteiger partial charge in [0.1, 0.15) is 17.7 Å². The van der Waals surface area contributed by atoms with Crippen molar-refractivity contribution in [2.75, 3.05) is 19.6 Å². The maximum absolute atomic E-state index is 14.7. The summed E-state index contributed by atoms with van der Waals surface area (Å²) < 4.78 is 28.3. The maximum atomic E-state index is 14.7. The largest absolute Gasteiger partial charge is 0.352 e. The molecule has 7 nitrogen and oxygen atoms in total. The van der Waals surface area contributed by atoms with Crippen molar-refractivity contribution < 1.29 is 23.2 Å². The third-order valence-electron chi connectivity index (χ3n) is 8.66. The monoisotopic (exact) mass is 562 g/mol. The zero-order valence-corrected chi connectivity index (χ0v) is 25.2. The number of halogens is 2. The highest BCUT2D eigenvalue weighted by Crippen LogP contribution is 2.40. The number of hydrogen-bond acceptors (Lipinski definition) is 4. The van der Waals surface area contributed by atoms with Crippen LogP contribution in [0.25, 0.3) is 0 Å². The van der Waals surface area contributed by atoms with E-state index in [0.717, 1.165) is 31.7 Å². The molecule has 224 valence electrons. The van der Waals surface area contributed by atoms with Crippen LogP contribution in [0.3, 0.4) is 0 Å². The van der Waals surface area contributed by atoms with Crippen LogP contribution in [-0.4, -0.2) is 59.9 Å². The Hall–Kier alpha value is -2.55. The van der Waals surface area contributed by atoms with Gasteiger partial charge in [0.05, 0.1) is 5.92 Å². The Kier molecular flexibility index (Phi) is 10.4. The average molecular weight is 563 g/mol. The fourth-order valence-corrected chi connectivity index (χ4v) is 6.02. The molecule has 1 aliphatic heterocycles. The summed E-state index contributed by atoms with van der Waals surface area (Å²) in [6.07, 6.45) is 4.87. The minimum absolute atomic E-state index is 0.198. The number of nitrogens with one attached hydrogen (secondary N) is 3. The zero-order chi connectivity index (χ0) is 29.8. The molecule has 3 rings (SSSR count). The van der Waals surface area contributed by atoms with Gasteiger partial charge in [-0.2, -0.15) is 0 Å². The molecule has 1 aliphatic carbocycles. The Morgan fingerprint density at radius 1 is 1.07 bits per heavy atom. The number of carbonyl (C=O) groups excluding carboxylic acids is 3. The van der Waals surface area contributed by atoms with Gasteiger partial charge in [-0.3, -0.25) is 19.3 Å². The predicted octanol–water partition coefficient (Wildman–Crippen LogP) is 4.51. The minimum atomic E-state index is -0.651. The van der Waals surface area contributed by atoms with E-state index in [-0.39, 0.29) is 35.8 Å². The molecule has 0 radical (unpaired) electrons. The molecule has 1 saturated carbocycles. The second-order valence-corrected chi connectivity index (χ2v) is 13.7. The fraction of sp³-hybridized carbons (Fsp3) is 0.710. The Balaban J connectivity index is 1.61. The second kappa shape index (κ2) is 13.0. The van der Waals surface area contributed by atoms with Gasteiger partial charge in [0.25, 0.3) is 0 Å². The molecule has 2 aliphatic rings. The van der Waals surface area contributed by atoms with Crippen LogP contribution in [0.4, 0.5) is 8.78 Å². The zero-order valence-electron chi connectivity index (χ0n) is 25.2. The van der Waals surface area contributed by atoms with E-state index in [2.05, 4.69) is 34.7 Å². The molecule has 0 spiro atoms. The summed E-state index contributed by atoms with van der Waals surface area (Å²) in [5, 5.41) is 8.69. The highest BCUT2D eigenvalue weighted by molar-refractivity contribution is 5.87. The first-order valence-corrected chi connectivity index (χ1v) is 14.6. The lowest BCUT2D eigenvalue weighted by Gasteiger charge is -2.35. The van der Waals surface area contributed by atoms with E-state index in [0.29, 0.717) is 36.4 Å². The van der Waals surface area contributed by atoms with Crippen LogP contribution < -0.4 is 16.0 Å². The van der Waals surface area contributed by atoms with Gasteiger partial charge in [-0.1, -0.05) is 19.9 Å². The molecule has 1 heterocycles. The summed E-state index contributed by atoms with van der Waals surface area (Å²) in [6.45, 7) is 15.0. The summed E-state index contributed by atoms with van der Waals surface area (Å²) in [5.41, 5.74) is 0.426. The first-order chi connectivity index (χ1) is 18.6. The summed E-state index contributed by atoms with van der Waals surface area (Å²) in [4.78, 5) is 40.5. The van der Waals surface area contributed by atoms with Crippen molar-refractivity contribution in [3.05, 3.63) is 35.4 Å². The quantitative estimate of drug-likeness (QED) is 0.413. The van der Waals surface area contributed by atoms with E-state index >= 15 is 0 Å². The van der Waals surface area contributed by atoms with Gasteiger partial charge in [0.2, 0.25) is 17.7 Å². The van der Waals surface area contributed by atoms with E-state index in [1.165, 1.54) is 19.1 Å². The minimum Gasteiger partial charge on any atom is -0.352 e. The average Bonchev–Trinajstić information content (AvgIpc) is 3.29. The number of benzene rings is 1. The smallest absolute Gasteiger partial charge is 0.242 e. The van der Waals surface area contributed by atoms with Crippen molar-refractivity contribution in [2.45, 2.75) is 104 Å². The van der Waals surface area contributed by atoms with Crippen molar-refractivity contribution in [2.24, 2.45) is 17.3 Å². The van der Waals surface area contributed by atoms with Crippen molar-refractivity contribution in [3.63, 3.8) is 0 Å². The SMILES string of the molecule is CC(=O)N[C@@H](CC1CCC(C)(C)CC1)C(=O)NC[C@H](C)NC(=O)[C@@H]1CN(C(C)(C)C)C[C@H]1c1ccc(F)cc1F. The summed E-state index contributed by atoms with van der Waals surface area (Å²) in [7, 11) is 0. The van der Waals surface area contributed by atoms with Crippen molar-refractivity contribution in [3.8, 4) is 0 Å². The lowest BCUT2D eigenvalue weighted by atomic mass is 9.71. The van der Waals surface area contributed by atoms with Gasteiger partial charge in [0.15, 0.2) is 0 Å². The topological polar surface area (TPSA) is 90.5 Å². The van der Waals surface area contributed by atoms with Gasteiger partial charge < -0.3 is 16.0 Å². The molecule has 0 bridgehead atoms. The first-order valence-electron chi connectivity index (χ1n) is 14.6.